The number of benzene rings is 2. The van der Waals surface area contributed by atoms with Crippen LogP contribution in [0.2, 0.25) is 0 Å². The van der Waals surface area contributed by atoms with Gasteiger partial charge in [-0.25, -0.2) is 0 Å². The van der Waals surface area contributed by atoms with Gasteiger partial charge in [0.05, 0.1) is 12.5 Å². The molecule has 4 nitrogen and oxygen atoms in total. The zero-order valence-electron chi connectivity index (χ0n) is 14.0. The first-order chi connectivity index (χ1) is 11.6. The highest BCUT2D eigenvalue weighted by Gasteiger charge is 2.35. The van der Waals surface area contributed by atoms with Crippen LogP contribution in [-0.2, 0) is 4.79 Å². The third-order valence-electron chi connectivity index (χ3n) is 4.57. The van der Waals surface area contributed by atoms with Gasteiger partial charge in [0.25, 0.3) is 0 Å². The van der Waals surface area contributed by atoms with Crippen molar-refractivity contribution in [1.82, 2.24) is 4.90 Å². The van der Waals surface area contributed by atoms with Gasteiger partial charge in [-0.3, -0.25) is 4.79 Å². The van der Waals surface area contributed by atoms with Gasteiger partial charge in [-0.1, -0.05) is 55.5 Å². The molecule has 126 valence electrons. The Morgan fingerprint density at radius 2 is 1.75 bits per heavy atom. The summed E-state index contributed by atoms with van der Waals surface area (Å²) in [4.78, 5) is 14.6. The molecule has 3 rings (SSSR count). The fraction of sp³-hybridized carbons (Fsp3) is 0.350. The third kappa shape index (κ3) is 3.77. The molecule has 1 unspecified atom stereocenters. The normalized spacial score (nSPS) is 21.5. The van der Waals surface area contributed by atoms with Crippen molar-refractivity contribution >= 4 is 5.91 Å². The molecule has 3 atom stereocenters. The summed E-state index contributed by atoms with van der Waals surface area (Å²) in [6.45, 7) is 3.57. The fourth-order valence-electron chi connectivity index (χ4n) is 3.18. The minimum Gasteiger partial charge on any atom is -0.493 e. The molecule has 0 bridgehead atoms. The maximum atomic E-state index is 12.7. The Morgan fingerprint density at radius 3 is 2.42 bits per heavy atom. The van der Waals surface area contributed by atoms with E-state index in [1.54, 1.807) is 0 Å². The van der Waals surface area contributed by atoms with Crippen LogP contribution in [0.5, 0.6) is 5.75 Å². The Kier molecular flexibility index (Phi) is 5.16. The first-order valence-electron chi connectivity index (χ1n) is 8.42. The maximum absolute atomic E-state index is 12.7. The molecular weight excluding hydrogens is 300 g/mol. The van der Waals surface area contributed by atoms with Gasteiger partial charge in [-0.05, 0) is 17.7 Å². The van der Waals surface area contributed by atoms with Crippen LogP contribution in [0.15, 0.2) is 60.7 Å². The average molecular weight is 324 g/mol. The van der Waals surface area contributed by atoms with Gasteiger partial charge >= 0.3 is 0 Å². The largest absolute Gasteiger partial charge is 0.493 e. The van der Waals surface area contributed by atoms with Crippen LogP contribution >= 0.6 is 0 Å². The number of hydrogen-bond donors (Lipinski definition) is 1. The van der Waals surface area contributed by atoms with Crippen molar-refractivity contribution in [2.24, 2.45) is 11.7 Å². The number of nitrogens with two attached hydrogens (primary N) is 1. The Bertz CT molecular complexity index is 660. The summed E-state index contributed by atoms with van der Waals surface area (Å²) in [6.07, 6.45) is 0. The Labute approximate surface area is 143 Å². The van der Waals surface area contributed by atoms with Crippen LogP contribution in [0.4, 0.5) is 0 Å². The van der Waals surface area contributed by atoms with E-state index in [2.05, 4.69) is 12.1 Å². The first-order valence-corrected chi connectivity index (χ1v) is 8.42. The highest BCUT2D eigenvalue weighted by molar-refractivity contribution is 5.79. The molecule has 1 fully saturated rings. The number of carbonyl (C=O) groups is 1. The molecule has 4 heteroatoms. The Balaban J connectivity index is 1.57. The number of amides is 1. The molecule has 0 saturated carbocycles. The quantitative estimate of drug-likeness (QED) is 0.920. The molecule has 0 spiro atoms. The lowest BCUT2D eigenvalue weighted by Crippen LogP contribution is -2.37. The average Bonchev–Trinajstić information content (AvgIpc) is 3.02. The van der Waals surface area contributed by atoms with Crippen LogP contribution in [0, 0.1) is 5.92 Å². The van der Waals surface area contributed by atoms with Crippen LogP contribution in [0.1, 0.15) is 18.4 Å². The number of carbonyl (C=O) groups excluding carboxylic acids is 1. The van der Waals surface area contributed by atoms with E-state index >= 15 is 0 Å². The Morgan fingerprint density at radius 1 is 1.12 bits per heavy atom. The van der Waals surface area contributed by atoms with E-state index in [0.717, 1.165) is 5.75 Å². The number of likely N-dealkylation sites (tertiary alicyclic amines) is 1. The molecule has 2 aromatic carbocycles. The second-order valence-corrected chi connectivity index (χ2v) is 6.45. The predicted molar refractivity (Wildman–Crippen MR) is 94.8 cm³/mol. The molecule has 0 radical (unpaired) electrons. The molecular formula is C20H24N2O2. The number of para-hydroxylation sites is 1. The molecule has 0 aliphatic carbocycles. The lowest BCUT2D eigenvalue weighted by Gasteiger charge is -2.21. The SMILES string of the molecule is CC(COc1ccccc1)C(=O)N1C[C@@H](N)[C@H](c2ccccc2)C1. The summed E-state index contributed by atoms with van der Waals surface area (Å²) in [6, 6.07) is 19.8. The standard InChI is InChI=1S/C20H24N2O2/c1-15(14-24-17-10-6-3-7-11-17)20(23)22-12-18(19(21)13-22)16-8-4-2-5-9-16/h2-11,15,18-19H,12-14,21H2,1H3/t15?,18-,19+/m0/s1. The molecule has 1 amide bonds. The van der Waals surface area contributed by atoms with Crippen LogP contribution in [-0.4, -0.2) is 36.5 Å². The van der Waals surface area contributed by atoms with E-state index < -0.39 is 0 Å². The van der Waals surface area contributed by atoms with E-state index in [1.165, 1.54) is 5.56 Å². The molecule has 2 N–H and O–H groups in total. The lowest BCUT2D eigenvalue weighted by atomic mass is 9.95. The van der Waals surface area contributed by atoms with Gasteiger partial charge in [0.1, 0.15) is 5.75 Å². The van der Waals surface area contributed by atoms with Crippen molar-refractivity contribution in [3.05, 3.63) is 66.2 Å². The monoisotopic (exact) mass is 324 g/mol. The van der Waals surface area contributed by atoms with Crippen molar-refractivity contribution < 1.29 is 9.53 Å². The van der Waals surface area contributed by atoms with Crippen molar-refractivity contribution in [2.75, 3.05) is 19.7 Å². The van der Waals surface area contributed by atoms with Crippen LogP contribution in [0.25, 0.3) is 0 Å². The Hall–Kier alpha value is -2.33. The molecule has 1 saturated heterocycles. The zero-order valence-corrected chi connectivity index (χ0v) is 14.0. The number of nitrogens with zero attached hydrogens (tertiary/aromatic N) is 1. The summed E-state index contributed by atoms with van der Waals surface area (Å²) >= 11 is 0. The van der Waals surface area contributed by atoms with E-state index in [0.29, 0.717) is 19.7 Å². The van der Waals surface area contributed by atoms with Gasteiger partial charge in [0.15, 0.2) is 0 Å². The summed E-state index contributed by atoms with van der Waals surface area (Å²) < 4.78 is 5.71. The second kappa shape index (κ2) is 7.49. The predicted octanol–water partition coefficient (Wildman–Crippen LogP) is 2.65. The maximum Gasteiger partial charge on any atom is 0.228 e. The van der Waals surface area contributed by atoms with Crippen molar-refractivity contribution in [3.63, 3.8) is 0 Å². The summed E-state index contributed by atoms with van der Waals surface area (Å²) in [7, 11) is 0. The van der Waals surface area contributed by atoms with E-state index in [9.17, 15) is 4.79 Å². The minimum absolute atomic E-state index is 0.0152. The van der Waals surface area contributed by atoms with Gasteiger partial charge in [-0.15, -0.1) is 0 Å². The van der Waals surface area contributed by atoms with Gasteiger partial charge < -0.3 is 15.4 Å². The molecule has 1 aliphatic heterocycles. The molecule has 24 heavy (non-hydrogen) atoms. The minimum atomic E-state index is -0.188. The van der Waals surface area contributed by atoms with Gasteiger partial charge in [-0.2, -0.15) is 0 Å². The van der Waals surface area contributed by atoms with Crippen LogP contribution in [0.3, 0.4) is 0 Å². The third-order valence-corrected chi connectivity index (χ3v) is 4.57. The van der Waals surface area contributed by atoms with Crippen molar-refractivity contribution in [3.8, 4) is 5.75 Å². The van der Waals surface area contributed by atoms with Gasteiger partial charge in [0.2, 0.25) is 5.91 Å². The summed E-state index contributed by atoms with van der Waals surface area (Å²) in [5, 5.41) is 0. The van der Waals surface area contributed by atoms with E-state index in [1.807, 2.05) is 60.4 Å². The summed E-state index contributed by atoms with van der Waals surface area (Å²) in [5.74, 6) is 0.918. The molecule has 0 aromatic heterocycles. The highest BCUT2D eigenvalue weighted by atomic mass is 16.5. The van der Waals surface area contributed by atoms with Gasteiger partial charge in [0, 0.05) is 25.0 Å². The molecule has 2 aromatic rings. The first kappa shape index (κ1) is 16.5. The van der Waals surface area contributed by atoms with Crippen LogP contribution < -0.4 is 10.5 Å². The molecule has 1 aliphatic rings. The van der Waals surface area contributed by atoms with Crippen molar-refractivity contribution in [1.29, 1.82) is 0 Å². The van der Waals surface area contributed by atoms with Crippen molar-refractivity contribution in [2.45, 2.75) is 18.9 Å². The fourth-order valence-corrected chi connectivity index (χ4v) is 3.18. The zero-order chi connectivity index (χ0) is 16.9. The topological polar surface area (TPSA) is 55.6 Å². The number of rotatable bonds is 5. The smallest absolute Gasteiger partial charge is 0.228 e. The number of hydrogen-bond acceptors (Lipinski definition) is 3. The highest BCUT2D eigenvalue weighted by Crippen LogP contribution is 2.27. The summed E-state index contributed by atoms with van der Waals surface area (Å²) in [5.41, 5.74) is 7.48. The van der Waals surface area contributed by atoms with E-state index in [-0.39, 0.29) is 23.8 Å². The number of ether oxygens (including phenoxy) is 1. The van der Waals surface area contributed by atoms with E-state index in [4.69, 9.17) is 10.5 Å². The molecule has 1 heterocycles. The second-order valence-electron chi connectivity index (χ2n) is 6.45. The lowest BCUT2D eigenvalue weighted by molar-refractivity contribution is -0.134.